The minimum absolute atomic E-state index is 0.0930. The monoisotopic (exact) mass is 276 g/mol. The normalized spacial score (nSPS) is 22.0. The van der Waals surface area contributed by atoms with Gasteiger partial charge in [-0.2, -0.15) is 0 Å². The van der Waals surface area contributed by atoms with Crippen LogP contribution >= 0.6 is 0 Å². The summed E-state index contributed by atoms with van der Waals surface area (Å²) in [5.74, 6) is 1.71. The lowest BCUT2D eigenvalue weighted by atomic mass is 10.1. The first-order chi connectivity index (χ1) is 9.84. The summed E-state index contributed by atoms with van der Waals surface area (Å²) >= 11 is 0. The summed E-state index contributed by atoms with van der Waals surface area (Å²) < 4.78 is 11.5. The van der Waals surface area contributed by atoms with Crippen LogP contribution in [0.2, 0.25) is 0 Å². The number of carbonyl (C=O) groups excluding carboxylic acids is 1. The zero-order valence-electron chi connectivity index (χ0n) is 11.5. The molecule has 2 N–H and O–H groups in total. The largest absolute Gasteiger partial charge is 0.490 e. The van der Waals surface area contributed by atoms with Gasteiger partial charge in [0.25, 0.3) is 0 Å². The van der Waals surface area contributed by atoms with Crippen molar-refractivity contribution < 1.29 is 14.3 Å². The number of benzene rings is 1. The van der Waals surface area contributed by atoms with Crippen molar-refractivity contribution in [1.29, 1.82) is 0 Å². The van der Waals surface area contributed by atoms with Crippen LogP contribution in [0.4, 0.5) is 0 Å². The summed E-state index contributed by atoms with van der Waals surface area (Å²) in [7, 11) is 0. The lowest BCUT2D eigenvalue weighted by molar-refractivity contribution is -0.124. The standard InChI is InChI=1S/C15H20N2O3/c18-15-12(5-2-7-16-15)17-10-11-4-1-6-13-14(11)20-9-3-8-19-13/h1,4,6,12,17H,2-3,5,7-10H2,(H,16,18). The molecule has 1 saturated heterocycles. The van der Waals surface area contributed by atoms with Gasteiger partial charge in [0.15, 0.2) is 11.5 Å². The van der Waals surface area contributed by atoms with Gasteiger partial charge in [-0.15, -0.1) is 0 Å². The van der Waals surface area contributed by atoms with Gasteiger partial charge in [-0.3, -0.25) is 4.79 Å². The Bertz CT molecular complexity index is 490. The average Bonchev–Trinajstić information content (AvgIpc) is 2.72. The summed E-state index contributed by atoms with van der Waals surface area (Å²) in [6.07, 6.45) is 2.81. The molecule has 1 atom stereocenters. The molecule has 5 nitrogen and oxygen atoms in total. The summed E-state index contributed by atoms with van der Waals surface area (Å²) in [5, 5.41) is 6.19. The van der Waals surface area contributed by atoms with Gasteiger partial charge in [-0.1, -0.05) is 12.1 Å². The van der Waals surface area contributed by atoms with Gasteiger partial charge >= 0.3 is 0 Å². The molecule has 5 heteroatoms. The van der Waals surface area contributed by atoms with Crippen molar-refractivity contribution in [3.8, 4) is 11.5 Å². The Morgan fingerprint density at radius 2 is 2.15 bits per heavy atom. The van der Waals surface area contributed by atoms with Gasteiger partial charge in [-0.25, -0.2) is 0 Å². The second kappa shape index (κ2) is 6.13. The smallest absolute Gasteiger partial charge is 0.237 e. The third-order valence-corrected chi connectivity index (χ3v) is 3.68. The van der Waals surface area contributed by atoms with E-state index in [1.807, 2.05) is 18.2 Å². The molecule has 0 aliphatic carbocycles. The molecular weight excluding hydrogens is 256 g/mol. The molecule has 0 aromatic heterocycles. The van der Waals surface area contributed by atoms with Gasteiger partial charge < -0.3 is 20.1 Å². The van der Waals surface area contributed by atoms with Crippen molar-refractivity contribution in [1.82, 2.24) is 10.6 Å². The van der Waals surface area contributed by atoms with Gasteiger partial charge in [0.1, 0.15) is 0 Å². The molecular formula is C15H20N2O3. The highest BCUT2D eigenvalue weighted by atomic mass is 16.5. The van der Waals surface area contributed by atoms with E-state index >= 15 is 0 Å². The molecule has 0 radical (unpaired) electrons. The summed E-state index contributed by atoms with van der Waals surface area (Å²) in [5.41, 5.74) is 1.04. The zero-order chi connectivity index (χ0) is 13.8. The zero-order valence-corrected chi connectivity index (χ0v) is 11.5. The lowest BCUT2D eigenvalue weighted by Crippen LogP contribution is -2.47. The predicted molar refractivity (Wildman–Crippen MR) is 74.9 cm³/mol. The summed E-state index contributed by atoms with van der Waals surface area (Å²) in [4.78, 5) is 11.7. The van der Waals surface area contributed by atoms with Crippen molar-refractivity contribution in [2.24, 2.45) is 0 Å². The Morgan fingerprint density at radius 3 is 3.05 bits per heavy atom. The quantitative estimate of drug-likeness (QED) is 0.871. The van der Waals surface area contributed by atoms with E-state index in [2.05, 4.69) is 10.6 Å². The lowest BCUT2D eigenvalue weighted by Gasteiger charge is -2.23. The van der Waals surface area contributed by atoms with Gasteiger partial charge in [0.05, 0.1) is 19.3 Å². The Kier molecular flexibility index (Phi) is 4.06. The van der Waals surface area contributed by atoms with E-state index in [0.29, 0.717) is 19.8 Å². The van der Waals surface area contributed by atoms with Gasteiger partial charge in [-0.05, 0) is 18.9 Å². The van der Waals surface area contributed by atoms with Crippen LogP contribution in [0, 0.1) is 0 Å². The van der Waals surface area contributed by atoms with Crippen LogP contribution in [0.15, 0.2) is 18.2 Å². The highest BCUT2D eigenvalue weighted by Crippen LogP contribution is 2.33. The number of para-hydroxylation sites is 1. The van der Waals surface area contributed by atoms with Crippen LogP contribution < -0.4 is 20.1 Å². The Hall–Kier alpha value is -1.75. The number of amides is 1. The summed E-state index contributed by atoms with van der Waals surface area (Å²) in [6, 6.07) is 5.80. The number of fused-ring (bicyclic) bond motifs is 1. The van der Waals surface area contributed by atoms with E-state index in [1.54, 1.807) is 0 Å². The molecule has 0 saturated carbocycles. The van der Waals surface area contributed by atoms with Crippen molar-refractivity contribution in [2.45, 2.75) is 31.8 Å². The van der Waals surface area contributed by atoms with E-state index < -0.39 is 0 Å². The maximum absolute atomic E-state index is 11.7. The molecule has 1 fully saturated rings. The molecule has 0 spiro atoms. The topological polar surface area (TPSA) is 59.6 Å². The number of hydrogen-bond acceptors (Lipinski definition) is 4. The van der Waals surface area contributed by atoms with Crippen LogP contribution in [0.3, 0.4) is 0 Å². The third-order valence-electron chi connectivity index (χ3n) is 3.68. The van der Waals surface area contributed by atoms with Crippen molar-refractivity contribution in [3.63, 3.8) is 0 Å². The number of nitrogens with one attached hydrogen (secondary N) is 2. The summed E-state index contributed by atoms with van der Waals surface area (Å²) in [6.45, 7) is 2.77. The second-order valence-electron chi connectivity index (χ2n) is 5.16. The highest BCUT2D eigenvalue weighted by molar-refractivity contribution is 5.82. The Morgan fingerprint density at radius 1 is 1.25 bits per heavy atom. The number of rotatable bonds is 3. The Balaban J connectivity index is 1.69. The van der Waals surface area contributed by atoms with E-state index in [-0.39, 0.29) is 11.9 Å². The van der Waals surface area contributed by atoms with Crippen LogP contribution in [0.25, 0.3) is 0 Å². The second-order valence-corrected chi connectivity index (χ2v) is 5.16. The fourth-order valence-electron chi connectivity index (χ4n) is 2.59. The molecule has 1 unspecified atom stereocenters. The molecule has 0 bridgehead atoms. The van der Waals surface area contributed by atoms with Gasteiger partial charge in [0.2, 0.25) is 5.91 Å². The number of piperidine rings is 1. The van der Waals surface area contributed by atoms with Gasteiger partial charge in [0, 0.05) is 25.1 Å². The minimum atomic E-state index is -0.105. The molecule has 20 heavy (non-hydrogen) atoms. The third kappa shape index (κ3) is 2.88. The van der Waals surface area contributed by atoms with Crippen LogP contribution in [0.5, 0.6) is 11.5 Å². The molecule has 3 rings (SSSR count). The van der Waals surface area contributed by atoms with Crippen LogP contribution in [-0.4, -0.2) is 31.7 Å². The minimum Gasteiger partial charge on any atom is -0.490 e. The molecule has 2 aliphatic rings. The van der Waals surface area contributed by atoms with E-state index in [4.69, 9.17) is 9.47 Å². The molecule has 108 valence electrons. The maximum atomic E-state index is 11.7. The van der Waals surface area contributed by atoms with E-state index in [1.165, 1.54) is 0 Å². The first kappa shape index (κ1) is 13.2. The van der Waals surface area contributed by atoms with Crippen molar-refractivity contribution >= 4 is 5.91 Å². The Labute approximate surface area is 118 Å². The van der Waals surface area contributed by atoms with Crippen LogP contribution in [0.1, 0.15) is 24.8 Å². The predicted octanol–water partition coefficient (Wildman–Crippen LogP) is 1.22. The number of carbonyl (C=O) groups is 1. The highest BCUT2D eigenvalue weighted by Gasteiger charge is 2.22. The van der Waals surface area contributed by atoms with Crippen molar-refractivity contribution in [3.05, 3.63) is 23.8 Å². The molecule has 2 aliphatic heterocycles. The fourth-order valence-corrected chi connectivity index (χ4v) is 2.59. The molecule has 2 heterocycles. The number of hydrogen-bond donors (Lipinski definition) is 2. The number of ether oxygens (including phenoxy) is 2. The SMILES string of the molecule is O=C1NCCCC1NCc1cccc2c1OCCCO2. The average molecular weight is 276 g/mol. The molecule has 1 amide bonds. The van der Waals surface area contributed by atoms with Crippen molar-refractivity contribution in [2.75, 3.05) is 19.8 Å². The maximum Gasteiger partial charge on any atom is 0.237 e. The molecule has 1 aromatic rings. The van der Waals surface area contributed by atoms with Crippen LogP contribution in [-0.2, 0) is 11.3 Å². The first-order valence-corrected chi connectivity index (χ1v) is 7.23. The first-order valence-electron chi connectivity index (χ1n) is 7.23. The van der Waals surface area contributed by atoms with E-state index in [9.17, 15) is 4.79 Å². The molecule has 1 aromatic carbocycles. The fraction of sp³-hybridized carbons (Fsp3) is 0.533. The van der Waals surface area contributed by atoms with E-state index in [0.717, 1.165) is 42.9 Å².